The summed E-state index contributed by atoms with van der Waals surface area (Å²) in [6, 6.07) is 86.9. The molecule has 0 radical (unpaired) electrons. The number of hydrogen-bond donors (Lipinski definition) is 0. The van der Waals surface area contributed by atoms with Crippen LogP contribution in [0.1, 0.15) is 96.7 Å². The minimum Gasteiger partial charge on any atom is -0.310 e. The number of anilines is 3. The van der Waals surface area contributed by atoms with Gasteiger partial charge in [-0.1, -0.05) is 270 Å². The van der Waals surface area contributed by atoms with Gasteiger partial charge in [0.25, 0.3) is 0 Å². The molecule has 1 spiro atoms. The minimum atomic E-state index is -0.385. The highest BCUT2D eigenvalue weighted by Crippen LogP contribution is 2.63. The number of aryl methyl sites for hydroxylation is 3. The molecule has 0 fully saturated rings. The minimum absolute atomic E-state index is 0.0803. The Morgan fingerprint density at radius 3 is 1.34 bits per heavy atom. The van der Waals surface area contributed by atoms with E-state index in [4.69, 9.17) is 0 Å². The highest BCUT2D eigenvalue weighted by Gasteiger charge is 2.52. The molecule has 378 valence electrons. The third-order valence-corrected chi connectivity index (χ3v) is 16.2. The zero-order valence-corrected chi connectivity index (χ0v) is 46.0. The fraction of sp³-hybridized carbons (Fsp3) is 0.158. The molecule has 1 nitrogen and oxygen atoms in total. The lowest BCUT2D eigenvalue weighted by molar-refractivity contribution is 0.660. The molecule has 4 aliphatic carbocycles. The molecule has 0 bridgehead atoms. The Bertz CT molecular complexity index is 3750. The number of fused-ring (bicyclic) bond motifs is 13. The summed E-state index contributed by atoms with van der Waals surface area (Å²) in [4.78, 5) is 2.45. The zero-order valence-electron chi connectivity index (χ0n) is 46.0. The van der Waals surface area contributed by atoms with Gasteiger partial charge in [0.15, 0.2) is 0 Å². The fourth-order valence-corrected chi connectivity index (χ4v) is 12.3. The molecule has 0 saturated heterocycles. The van der Waals surface area contributed by atoms with E-state index in [2.05, 4.69) is 295 Å². The predicted molar refractivity (Wildman–Crippen MR) is 330 cm³/mol. The molecular formula is C76H69N. The molecular weight excluding hydrogens is 927 g/mol. The van der Waals surface area contributed by atoms with Gasteiger partial charge in [0.05, 0.1) is 5.41 Å². The Morgan fingerprint density at radius 2 is 0.779 bits per heavy atom. The number of benzene rings is 10. The van der Waals surface area contributed by atoms with Crippen molar-refractivity contribution in [1.82, 2.24) is 0 Å². The average molecular weight is 996 g/mol. The van der Waals surface area contributed by atoms with Crippen LogP contribution in [0.4, 0.5) is 17.1 Å². The molecule has 14 rings (SSSR count). The summed E-state index contributed by atoms with van der Waals surface area (Å²) in [5.41, 5.74) is 28.5. The van der Waals surface area contributed by atoms with Crippen LogP contribution < -0.4 is 4.90 Å². The van der Waals surface area contributed by atoms with E-state index in [-0.39, 0.29) is 10.8 Å². The number of para-hydroxylation sites is 1. The van der Waals surface area contributed by atoms with E-state index in [1.807, 2.05) is 19.9 Å². The molecule has 0 heterocycles. The van der Waals surface area contributed by atoms with Gasteiger partial charge >= 0.3 is 0 Å². The highest BCUT2D eigenvalue weighted by molar-refractivity contribution is 5.97. The monoisotopic (exact) mass is 996 g/mol. The molecule has 0 saturated carbocycles. The van der Waals surface area contributed by atoms with Crippen LogP contribution in [0.25, 0.3) is 50.1 Å². The summed E-state index contributed by atoms with van der Waals surface area (Å²) >= 11 is 0. The van der Waals surface area contributed by atoms with Crippen molar-refractivity contribution >= 4 is 22.6 Å². The number of rotatable bonds is 5. The third kappa shape index (κ3) is 9.19. The summed E-state index contributed by atoms with van der Waals surface area (Å²) in [5.74, 6) is 0.698. The number of allylic oxidation sites excluding steroid dienone is 4. The lowest BCUT2D eigenvalue weighted by Gasteiger charge is -2.32. The molecule has 0 amide bonds. The fourth-order valence-electron chi connectivity index (χ4n) is 12.3. The maximum atomic E-state index is 2.49. The first kappa shape index (κ1) is 50.6. The van der Waals surface area contributed by atoms with E-state index in [9.17, 15) is 0 Å². The topological polar surface area (TPSA) is 3.24 Å². The molecule has 77 heavy (non-hydrogen) atoms. The molecule has 4 aliphatic rings. The maximum absolute atomic E-state index is 2.49. The van der Waals surface area contributed by atoms with Crippen molar-refractivity contribution in [3.05, 3.63) is 310 Å². The Balaban J connectivity index is 0.000000177. The lowest BCUT2D eigenvalue weighted by Crippen LogP contribution is -2.26. The SMILES string of the molecule is CC.Cc1ccc(-c2ccccc2)cc1.Cc1ccc(C2=CCC(C)C=C2)cc1.Cc1ccc2c(c1)C1(c3ccccc3-c3ccccc31)c1cc(N(c3ccccc3)c3ccc4c(c3)C(C)(C)c3ccccc3-4)ccc1-2. The Morgan fingerprint density at radius 1 is 0.364 bits per heavy atom. The maximum Gasteiger partial charge on any atom is 0.0726 e. The van der Waals surface area contributed by atoms with Gasteiger partial charge in [-0.2, -0.15) is 0 Å². The Kier molecular flexibility index (Phi) is 14.0. The van der Waals surface area contributed by atoms with Crippen molar-refractivity contribution < 1.29 is 0 Å². The van der Waals surface area contributed by atoms with Crippen molar-refractivity contribution in [3.8, 4) is 44.5 Å². The van der Waals surface area contributed by atoms with Crippen LogP contribution in [-0.2, 0) is 10.8 Å². The summed E-state index contributed by atoms with van der Waals surface area (Å²) in [7, 11) is 0. The molecule has 0 N–H and O–H groups in total. The second-order valence-corrected chi connectivity index (χ2v) is 21.5. The highest BCUT2D eigenvalue weighted by atomic mass is 15.1. The van der Waals surface area contributed by atoms with Gasteiger partial charge in [-0.05, 0) is 159 Å². The van der Waals surface area contributed by atoms with E-state index in [1.165, 1.54) is 124 Å². The predicted octanol–water partition coefficient (Wildman–Crippen LogP) is 20.8. The van der Waals surface area contributed by atoms with Gasteiger partial charge in [0.2, 0.25) is 0 Å². The zero-order chi connectivity index (χ0) is 53.3. The van der Waals surface area contributed by atoms with Crippen LogP contribution in [0, 0.1) is 26.7 Å². The smallest absolute Gasteiger partial charge is 0.0726 e. The average Bonchev–Trinajstić information content (AvgIpc) is 4.08. The lowest BCUT2D eigenvalue weighted by atomic mass is 9.70. The van der Waals surface area contributed by atoms with Crippen LogP contribution in [0.2, 0.25) is 0 Å². The Labute approximate surface area is 458 Å². The van der Waals surface area contributed by atoms with Gasteiger partial charge in [-0.15, -0.1) is 0 Å². The molecule has 1 unspecified atom stereocenters. The number of hydrogen-bond acceptors (Lipinski definition) is 1. The second-order valence-electron chi connectivity index (χ2n) is 21.5. The van der Waals surface area contributed by atoms with Crippen molar-refractivity contribution in [2.45, 2.75) is 72.6 Å². The van der Waals surface area contributed by atoms with E-state index >= 15 is 0 Å². The van der Waals surface area contributed by atoms with E-state index in [0.717, 1.165) is 5.69 Å². The molecule has 0 aromatic heterocycles. The molecule has 10 aromatic rings. The largest absolute Gasteiger partial charge is 0.310 e. The van der Waals surface area contributed by atoms with Crippen molar-refractivity contribution in [2.75, 3.05) is 4.90 Å². The van der Waals surface area contributed by atoms with Gasteiger partial charge in [-0.3, -0.25) is 0 Å². The number of nitrogens with zero attached hydrogens (tertiary/aromatic N) is 1. The van der Waals surface area contributed by atoms with Crippen molar-refractivity contribution in [3.63, 3.8) is 0 Å². The van der Waals surface area contributed by atoms with Gasteiger partial charge in [-0.25, -0.2) is 0 Å². The van der Waals surface area contributed by atoms with Gasteiger partial charge < -0.3 is 4.90 Å². The van der Waals surface area contributed by atoms with E-state index in [0.29, 0.717) is 5.92 Å². The standard InChI is InChI=1S/C47H35N.C14H16.C13H12.C2H6/c1-30-21-24-38-39-26-23-33(29-45(39)47(44(38)27-30)41-19-11-8-16-35(41)36-17-9-12-20-42(36)47)48(31-13-5-4-6-14-31)32-22-25-37-34-15-7-10-18-40(34)46(2,3)43(37)28-32;1-11-3-7-13(8-4-11)14-9-5-12(2)6-10-14;1-11-7-9-13(10-8-11)12-5-3-2-4-6-12;1-2/h4-29H,1-3H3;3-5,7-10,12H,6H2,1-2H3;2-10H,1H3;1-2H3. The molecule has 10 aromatic carbocycles. The van der Waals surface area contributed by atoms with Gasteiger partial charge in [0.1, 0.15) is 0 Å². The normalized spacial score (nSPS) is 14.8. The molecule has 1 atom stereocenters. The molecule has 0 aliphatic heterocycles. The van der Waals surface area contributed by atoms with Crippen LogP contribution in [0.5, 0.6) is 0 Å². The summed E-state index contributed by atoms with van der Waals surface area (Å²) < 4.78 is 0. The van der Waals surface area contributed by atoms with Crippen molar-refractivity contribution in [1.29, 1.82) is 0 Å². The summed E-state index contributed by atoms with van der Waals surface area (Å²) in [5, 5.41) is 0. The van der Waals surface area contributed by atoms with E-state index < -0.39 is 0 Å². The van der Waals surface area contributed by atoms with Crippen LogP contribution in [0.3, 0.4) is 0 Å². The quantitative estimate of drug-likeness (QED) is 0.166. The third-order valence-electron chi connectivity index (χ3n) is 16.2. The summed E-state index contributed by atoms with van der Waals surface area (Å²) in [6.07, 6.45) is 8.02. The van der Waals surface area contributed by atoms with E-state index in [1.54, 1.807) is 0 Å². The first-order valence-electron chi connectivity index (χ1n) is 27.7. The first-order chi connectivity index (χ1) is 37.6. The first-order valence-corrected chi connectivity index (χ1v) is 27.7. The Hall–Kier alpha value is -8.52. The second kappa shape index (κ2) is 21.2. The van der Waals surface area contributed by atoms with Crippen LogP contribution in [0.15, 0.2) is 255 Å². The van der Waals surface area contributed by atoms with Crippen molar-refractivity contribution in [2.24, 2.45) is 5.92 Å². The van der Waals surface area contributed by atoms with Crippen LogP contribution >= 0.6 is 0 Å². The summed E-state index contributed by atoms with van der Waals surface area (Å²) in [6.45, 7) is 17.4. The van der Waals surface area contributed by atoms with Gasteiger partial charge in [0, 0.05) is 22.5 Å². The molecule has 1 heteroatoms. The van der Waals surface area contributed by atoms with Crippen LogP contribution in [-0.4, -0.2) is 0 Å².